The smallest absolute Gasteiger partial charge is 0.257 e. The van der Waals surface area contributed by atoms with E-state index in [0.29, 0.717) is 34.5 Å². The summed E-state index contributed by atoms with van der Waals surface area (Å²) in [4.78, 5) is 18.7. The molecule has 23 heavy (non-hydrogen) atoms. The first-order valence-electron chi connectivity index (χ1n) is 7.17. The first-order chi connectivity index (χ1) is 11.1. The van der Waals surface area contributed by atoms with Crippen molar-refractivity contribution in [1.82, 2.24) is 4.98 Å². The number of nitrogens with one attached hydrogen (secondary N) is 1. The summed E-state index contributed by atoms with van der Waals surface area (Å²) in [7, 11) is 0. The molecule has 0 spiro atoms. The second kappa shape index (κ2) is 7.17. The van der Waals surface area contributed by atoms with Gasteiger partial charge in [-0.2, -0.15) is 0 Å². The summed E-state index contributed by atoms with van der Waals surface area (Å²) in [6, 6.07) is 6.73. The number of benzene rings is 1. The molecule has 0 aliphatic carbocycles. The zero-order valence-corrected chi connectivity index (χ0v) is 13.8. The Bertz CT molecular complexity index is 718. The van der Waals surface area contributed by atoms with Crippen molar-refractivity contribution in [2.24, 2.45) is 0 Å². The summed E-state index contributed by atoms with van der Waals surface area (Å²) in [6.07, 6.45) is 3.27. The van der Waals surface area contributed by atoms with E-state index in [-0.39, 0.29) is 5.91 Å². The fourth-order valence-corrected chi connectivity index (χ4v) is 2.67. The number of morpholine rings is 1. The number of hydrogen-bond donors (Lipinski definition) is 1. The summed E-state index contributed by atoms with van der Waals surface area (Å²) in [5.41, 5.74) is 1.84. The predicted molar refractivity (Wildman–Crippen MR) is 91.7 cm³/mol. The highest BCUT2D eigenvalue weighted by atomic mass is 35.5. The summed E-state index contributed by atoms with van der Waals surface area (Å²) in [5, 5.41) is 3.69. The predicted octanol–water partition coefficient (Wildman–Crippen LogP) is 3.48. The van der Waals surface area contributed by atoms with E-state index in [2.05, 4.69) is 15.2 Å². The molecule has 2 heterocycles. The van der Waals surface area contributed by atoms with Crippen LogP contribution in [0.25, 0.3) is 0 Å². The topological polar surface area (TPSA) is 54.5 Å². The number of anilines is 2. The molecule has 0 radical (unpaired) electrons. The van der Waals surface area contributed by atoms with Gasteiger partial charge in [0, 0.05) is 24.3 Å². The normalized spacial score (nSPS) is 14.6. The van der Waals surface area contributed by atoms with Gasteiger partial charge in [-0.25, -0.2) is 0 Å². The Hall–Kier alpha value is -1.82. The Morgan fingerprint density at radius 1 is 1.17 bits per heavy atom. The molecule has 1 aromatic heterocycles. The van der Waals surface area contributed by atoms with Gasteiger partial charge in [0.25, 0.3) is 5.91 Å². The van der Waals surface area contributed by atoms with E-state index in [1.54, 1.807) is 24.4 Å². The van der Waals surface area contributed by atoms with Gasteiger partial charge in [-0.15, -0.1) is 0 Å². The van der Waals surface area contributed by atoms with E-state index in [1.165, 1.54) is 6.20 Å². The van der Waals surface area contributed by atoms with Crippen LogP contribution in [0.1, 0.15) is 10.4 Å². The van der Waals surface area contributed by atoms with Crippen molar-refractivity contribution in [3.05, 3.63) is 52.3 Å². The number of carbonyl (C=O) groups excluding carboxylic acids is 1. The van der Waals surface area contributed by atoms with Crippen LogP contribution in [0.4, 0.5) is 11.4 Å². The van der Waals surface area contributed by atoms with E-state index in [4.69, 9.17) is 27.9 Å². The third kappa shape index (κ3) is 3.93. The molecule has 0 atom stereocenters. The maximum Gasteiger partial charge on any atom is 0.257 e. The number of nitrogens with zero attached hydrogens (tertiary/aromatic N) is 2. The molecule has 2 aromatic rings. The second-order valence-electron chi connectivity index (χ2n) is 5.11. The molecular formula is C16H15Cl2N3O2. The average molecular weight is 352 g/mol. The zero-order chi connectivity index (χ0) is 16.2. The Balaban J connectivity index is 1.78. The lowest BCUT2D eigenvalue weighted by molar-refractivity contribution is 0.102. The molecule has 5 nitrogen and oxygen atoms in total. The van der Waals surface area contributed by atoms with Gasteiger partial charge in [0.05, 0.1) is 41.4 Å². The summed E-state index contributed by atoms with van der Waals surface area (Å²) >= 11 is 12.0. The van der Waals surface area contributed by atoms with Crippen molar-refractivity contribution >= 4 is 40.5 Å². The van der Waals surface area contributed by atoms with Gasteiger partial charge in [-0.3, -0.25) is 9.78 Å². The molecule has 0 bridgehead atoms. The number of rotatable bonds is 3. The third-order valence-corrected chi connectivity index (χ3v) is 4.10. The van der Waals surface area contributed by atoms with Crippen molar-refractivity contribution in [3.8, 4) is 0 Å². The molecule has 1 fully saturated rings. The van der Waals surface area contributed by atoms with Crippen LogP contribution in [-0.4, -0.2) is 37.2 Å². The second-order valence-corrected chi connectivity index (χ2v) is 5.95. The van der Waals surface area contributed by atoms with Gasteiger partial charge in [0.2, 0.25) is 0 Å². The van der Waals surface area contributed by atoms with Crippen LogP contribution in [0.5, 0.6) is 0 Å². The van der Waals surface area contributed by atoms with Gasteiger partial charge in [-0.05, 0) is 24.3 Å². The molecule has 3 rings (SSSR count). The third-order valence-electron chi connectivity index (χ3n) is 3.54. The number of pyridine rings is 1. The average Bonchev–Trinajstić information content (AvgIpc) is 2.59. The molecule has 1 N–H and O–H groups in total. The molecule has 1 amide bonds. The minimum atomic E-state index is -0.281. The number of amides is 1. The Morgan fingerprint density at radius 2 is 1.96 bits per heavy atom. The van der Waals surface area contributed by atoms with Crippen LogP contribution in [-0.2, 0) is 4.74 Å². The standard InChI is InChI=1S/C16H15Cl2N3O2/c17-12-1-2-14(18)15(8-12)20-16(22)11-7-13(10-19-9-11)21-3-5-23-6-4-21/h1-2,7-10H,3-6H2,(H,20,22). The molecule has 1 aromatic carbocycles. The highest BCUT2D eigenvalue weighted by Crippen LogP contribution is 2.26. The molecule has 7 heteroatoms. The number of carbonyl (C=O) groups is 1. The van der Waals surface area contributed by atoms with Gasteiger partial charge < -0.3 is 15.0 Å². The van der Waals surface area contributed by atoms with Crippen LogP contribution in [0.2, 0.25) is 10.0 Å². The van der Waals surface area contributed by atoms with Crippen LogP contribution in [0.3, 0.4) is 0 Å². The highest BCUT2D eigenvalue weighted by Gasteiger charge is 2.15. The lowest BCUT2D eigenvalue weighted by Gasteiger charge is -2.28. The maximum atomic E-state index is 12.4. The number of ether oxygens (including phenoxy) is 1. The van der Waals surface area contributed by atoms with Gasteiger partial charge in [0.15, 0.2) is 0 Å². The maximum absolute atomic E-state index is 12.4. The van der Waals surface area contributed by atoms with E-state index >= 15 is 0 Å². The van der Waals surface area contributed by atoms with E-state index in [1.807, 2.05) is 6.07 Å². The van der Waals surface area contributed by atoms with Crippen LogP contribution >= 0.6 is 23.2 Å². The largest absolute Gasteiger partial charge is 0.378 e. The van der Waals surface area contributed by atoms with E-state index in [9.17, 15) is 4.79 Å². The number of aromatic nitrogens is 1. The number of halogens is 2. The molecular weight excluding hydrogens is 337 g/mol. The fraction of sp³-hybridized carbons (Fsp3) is 0.250. The van der Waals surface area contributed by atoms with Crippen molar-refractivity contribution in [3.63, 3.8) is 0 Å². The number of hydrogen-bond acceptors (Lipinski definition) is 4. The van der Waals surface area contributed by atoms with E-state index in [0.717, 1.165) is 18.8 Å². The van der Waals surface area contributed by atoms with Gasteiger partial charge in [-0.1, -0.05) is 23.2 Å². The monoisotopic (exact) mass is 351 g/mol. The SMILES string of the molecule is O=C(Nc1cc(Cl)ccc1Cl)c1cncc(N2CCOCC2)c1. The Morgan fingerprint density at radius 3 is 2.74 bits per heavy atom. The van der Waals surface area contributed by atoms with Gasteiger partial charge in [0.1, 0.15) is 0 Å². The van der Waals surface area contributed by atoms with Crippen molar-refractivity contribution < 1.29 is 9.53 Å². The molecule has 120 valence electrons. The summed E-state index contributed by atoms with van der Waals surface area (Å²) in [6.45, 7) is 2.92. The minimum Gasteiger partial charge on any atom is -0.378 e. The first kappa shape index (κ1) is 16.1. The Labute approximate surface area is 144 Å². The molecule has 1 aliphatic rings. The van der Waals surface area contributed by atoms with E-state index < -0.39 is 0 Å². The van der Waals surface area contributed by atoms with Crippen molar-refractivity contribution in [2.45, 2.75) is 0 Å². The Kier molecular flexibility index (Phi) is 5.00. The molecule has 0 saturated carbocycles. The summed E-state index contributed by atoms with van der Waals surface area (Å²) < 4.78 is 5.33. The fourth-order valence-electron chi connectivity index (χ4n) is 2.33. The lowest BCUT2D eigenvalue weighted by Crippen LogP contribution is -2.36. The lowest BCUT2D eigenvalue weighted by atomic mass is 10.2. The van der Waals surface area contributed by atoms with Crippen molar-refractivity contribution in [1.29, 1.82) is 0 Å². The van der Waals surface area contributed by atoms with Crippen molar-refractivity contribution in [2.75, 3.05) is 36.5 Å². The molecule has 0 unspecified atom stereocenters. The van der Waals surface area contributed by atoms with Gasteiger partial charge >= 0.3 is 0 Å². The van der Waals surface area contributed by atoms with Crippen LogP contribution < -0.4 is 10.2 Å². The van der Waals surface area contributed by atoms with Crippen LogP contribution in [0, 0.1) is 0 Å². The molecule has 1 saturated heterocycles. The quantitative estimate of drug-likeness (QED) is 0.919. The minimum absolute atomic E-state index is 0.281. The van der Waals surface area contributed by atoms with Crippen LogP contribution in [0.15, 0.2) is 36.7 Å². The first-order valence-corrected chi connectivity index (χ1v) is 7.93. The molecule has 1 aliphatic heterocycles. The summed E-state index contributed by atoms with van der Waals surface area (Å²) in [5.74, 6) is -0.281. The zero-order valence-electron chi connectivity index (χ0n) is 12.3. The highest BCUT2D eigenvalue weighted by molar-refractivity contribution is 6.35.